The van der Waals surface area contributed by atoms with E-state index in [2.05, 4.69) is 5.32 Å². The highest BCUT2D eigenvalue weighted by Crippen LogP contribution is 2.21. The third kappa shape index (κ3) is 4.34. The molecule has 0 fully saturated rings. The maximum atomic E-state index is 12.0. The molecule has 0 spiro atoms. The lowest BCUT2D eigenvalue weighted by atomic mass is 9.88. The summed E-state index contributed by atoms with van der Waals surface area (Å²) in [6.45, 7) is 4.57. The number of hydrogen-bond donors (Lipinski definition) is 2. The normalized spacial score (nSPS) is 11.4. The Hall–Kier alpha value is -1.89. The standard InChI is InChI=1S/C13H21N3O4/c1-13(2,5-4-6-17)9-14-12(18)11-7-10(16(19)20)8-15(11)3/h7-8,17H,4-6,9H2,1-3H3,(H,14,18). The van der Waals surface area contributed by atoms with Gasteiger partial charge in [-0.25, -0.2) is 0 Å². The number of carbonyl (C=O) groups is 1. The van der Waals surface area contributed by atoms with E-state index in [1.54, 1.807) is 7.05 Å². The summed E-state index contributed by atoms with van der Waals surface area (Å²) in [5.74, 6) is -0.335. The Morgan fingerprint density at radius 2 is 2.20 bits per heavy atom. The third-order valence-electron chi connectivity index (χ3n) is 3.17. The molecule has 1 heterocycles. The van der Waals surface area contributed by atoms with E-state index in [1.165, 1.54) is 16.8 Å². The zero-order chi connectivity index (χ0) is 15.3. The Balaban J connectivity index is 2.65. The predicted octanol–water partition coefficient (Wildman–Crippen LogP) is 1.46. The number of nitrogens with one attached hydrogen (secondary N) is 1. The molecule has 0 aromatic carbocycles. The summed E-state index contributed by atoms with van der Waals surface area (Å²) >= 11 is 0. The summed E-state index contributed by atoms with van der Waals surface area (Å²) in [6.07, 6.45) is 2.78. The Bertz CT molecular complexity index is 494. The van der Waals surface area contributed by atoms with Crippen molar-refractivity contribution in [2.45, 2.75) is 26.7 Å². The lowest BCUT2D eigenvalue weighted by Gasteiger charge is -2.24. The van der Waals surface area contributed by atoms with Gasteiger partial charge in [0.05, 0.1) is 11.1 Å². The maximum absolute atomic E-state index is 12.0. The zero-order valence-corrected chi connectivity index (χ0v) is 12.0. The number of aromatic nitrogens is 1. The summed E-state index contributed by atoms with van der Waals surface area (Å²) in [7, 11) is 1.60. The van der Waals surface area contributed by atoms with Gasteiger partial charge in [-0.2, -0.15) is 0 Å². The second-order valence-electron chi connectivity index (χ2n) is 5.63. The minimum absolute atomic E-state index is 0.0998. The van der Waals surface area contributed by atoms with Crippen LogP contribution >= 0.6 is 0 Å². The van der Waals surface area contributed by atoms with Gasteiger partial charge in [0.2, 0.25) is 0 Å². The lowest BCUT2D eigenvalue weighted by Crippen LogP contribution is -2.34. The number of rotatable bonds is 7. The van der Waals surface area contributed by atoms with Crippen LogP contribution in [-0.2, 0) is 7.05 Å². The van der Waals surface area contributed by atoms with Crippen molar-refractivity contribution in [3.63, 3.8) is 0 Å². The van der Waals surface area contributed by atoms with Crippen LogP contribution in [0.3, 0.4) is 0 Å². The molecule has 0 aliphatic carbocycles. The van der Waals surface area contributed by atoms with Crippen LogP contribution in [-0.4, -0.2) is 33.7 Å². The summed E-state index contributed by atoms with van der Waals surface area (Å²) in [4.78, 5) is 22.2. The fourth-order valence-corrected chi connectivity index (χ4v) is 1.93. The van der Waals surface area contributed by atoms with Crippen LogP contribution in [0.1, 0.15) is 37.2 Å². The van der Waals surface area contributed by atoms with Crippen molar-refractivity contribution in [2.24, 2.45) is 12.5 Å². The molecule has 0 saturated heterocycles. The maximum Gasteiger partial charge on any atom is 0.287 e. The van der Waals surface area contributed by atoms with E-state index in [-0.39, 0.29) is 29.3 Å². The Morgan fingerprint density at radius 1 is 1.55 bits per heavy atom. The average Bonchev–Trinajstić information content (AvgIpc) is 2.76. The summed E-state index contributed by atoms with van der Waals surface area (Å²) in [6, 6.07) is 1.26. The molecule has 20 heavy (non-hydrogen) atoms. The molecule has 112 valence electrons. The fourth-order valence-electron chi connectivity index (χ4n) is 1.93. The monoisotopic (exact) mass is 283 g/mol. The van der Waals surface area contributed by atoms with Crippen LogP contribution in [0.4, 0.5) is 5.69 Å². The van der Waals surface area contributed by atoms with E-state index < -0.39 is 4.92 Å². The van der Waals surface area contributed by atoms with E-state index >= 15 is 0 Å². The first kappa shape index (κ1) is 16.2. The van der Waals surface area contributed by atoms with Crippen LogP contribution in [0, 0.1) is 15.5 Å². The Morgan fingerprint density at radius 3 is 2.70 bits per heavy atom. The quantitative estimate of drug-likeness (QED) is 0.584. The van der Waals surface area contributed by atoms with Gasteiger partial charge in [0, 0.05) is 26.3 Å². The predicted molar refractivity (Wildman–Crippen MR) is 74.5 cm³/mol. The van der Waals surface area contributed by atoms with Gasteiger partial charge in [-0.15, -0.1) is 0 Å². The van der Waals surface area contributed by atoms with E-state index in [9.17, 15) is 14.9 Å². The number of nitrogens with zero attached hydrogens (tertiary/aromatic N) is 2. The highest BCUT2D eigenvalue weighted by atomic mass is 16.6. The molecular weight excluding hydrogens is 262 g/mol. The number of carbonyl (C=O) groups excluding carboxylic acids is 1. The SMILES string of the molecule is Cn1cc([N+](=O)[O-])cc1C(=O)NCC(C)(C)CCCO. The van der Waals surface area contributed by atoms with Crippen molar-refractivity contribution in [3.8, 4) is 0 Å². The molecule has 0 saturated carbocycles. The minimum Gasteiger partial charge on any atom is -0.396 e. The van der Waals surface area contributed by atoms with E-state index in [0.29, 0.717) is 13.0 Å². The minimum atomic E-state index is -0.526. The molecule has 0 radical (unpaired) electrons. The first-order valence-corrected chi connectivity index (χ1v) is 6.46. The highest BCUT2D eigenvalue weighted by Gasteiger charge is 2.21. The molecule has 1 aromatic heterocycles. The summed E-state index contributed by atoms with van der Waals surface area (Å²) in [5.41, 5.74) is 0.0296. The number of aliphatic hydroxyl groups is 1. The molecule has 0 bridgehead atoms. The second-order valence-corrected chi connectivity index (χ2v) is 5.63. The van der Waals surface area contributed by atoms with E-state index in [0.717, 1.165) is 6.42 Å². The lowest BCUT2D eigenvalue weighted by molar-refractivity contribution is -0.384. The van der Waals surface area contributed by atoms with Crippen LogP contribution in [0.5, 0.6) is 0 Å². The molecular formula is C13H21N3O4. The summed E-state index contributed by atoms with van der Waals surface area (Å²) in [5, 5.41) is 22.3. The Labute approximate surface area is 117 Å². The van der Waals surface area contributed by atoms with Gasteiger partial charge in [-0.3, -0.25) is 14.9 Å². The molecule has 7 nitrogen and oxygen atoms in total. The smallest absolute Gasteiger partial charge is 0.287 e. The van der Waals surface area contributed by atoms with Gasteiger partial charge < -0.3 is 15.0 Å². The molecule has 0 atom stereocenters. The number of amides is 1. The fraction of sp³-hybridized carbons (Fsp3) is 0.615. The number of hydrogen-bond acceptors (Lipinski definition) is 4. The third-order valence-corrected chi connectivity index (χ3v) is 3.17. The van der Waals surface area contributed by atoms with Crippen LogP contribution < -0.4 is 5.32 Å². The average molecular weight is 283 g/mol. The van der Waals surface area contributed by atoms with Crippen LogP contribution in [0.2, 0.25) is 0 Å². The topological polar surface area (TPSA) is 97.4 Å². The zero-order valence-electron chi connectivity index (χ0n) is 12.0. The molecule has 1 amide bonds. The van der Waals surface area contributed by atoms with Crippen LogP contribution in [0.15, 0.2) is 12.3 Å². The second kappa shape index (κ2) is 6.51. The molecule has 1 aromatic rings. The first-order chi connectivity index (χ1) is 9.26. The van der Waals surface area contributed by atoms with Gasteiger partial charge >= 0.3 is 0 Å². The van der Waals surface area contributed by atoms with Gasteiger partial charge in [0.25, 0.3) is 11.6 Å². The van der Waals surface area contributed by atoms with Crippen molar-refractivity contribution in [3.05, 3.63) is 28.1 Å². The number of nitro groups is 1. The van der Waals surface area contributed by atoms with Crippen molar-refractivity contribution in [1.82, 2.24) is 9.88 Å². The number of aryl methyl sites for hydroxylation is 1. The molecule has 2 N–H and O–H groups in total. The van der Waals surface area contributed by atoms with Crippen molar-refractivity contribution < 1.29 is 14.8 Å². The first-order valence-electron chi connectivity index (χ1n) is 6.46. The molecule has 0 unspecified atom stereocenters. The summed E-state index contributed by atoms with van der Waals surface area (Å²) < 4.78 is 1.44. The van der Waals surface area contributed by atoms with Gasteiger partial charge in [0.15, 0.2) is 0 Å². The highest BCUT2D eigenvalue weighted by molar-refractivity contribution is 5.93. The largest absolute Gasteiger partial charge is 0.396 e. The van der Waals surface area contributed by atoms with E-state index in [1.807, 2.05) is 13.8 Å². The van der Waals surface area contributed by atoms with Crippen molar-refractivity contribution in [2.75, 3.05) is 13.2 Å². The number of aliphatic hydroxyl groups excluding tert-OH is 1. The molecule has 0 aliphatic rings. The van der Waals surface area contributed by atoms with Gasteiger partial charge in [-0.05, 0) is 18.3 Å². The molecule has 0 aliphatic heterocycles. The van der Waals surface area contributed by atoms with Crippen molar-refractivity contribution in [1.29, 1.82) is 0 Å². The molecule has 7 heteroatoms. The van der Waals surface area contributed by atoms with Gasteiger partial charge in [-0.1, -0.05) is 13.8 Å². The van der Waals surface area contributed by atoms with Crippen LogP contribution in [0.25, 0.3) is 0 Å². The van der Waals surface area contributed by atoms with Crippen molar-refractivity contribution >= 4 is 11.6 Å². The Kier molecular flexibility index (Phi) is 5.26. The molecule has 1 rings (SSSR count). The van der Waals surface area contributed by atoms with Gasteiger partial charge in [0.1, 0.15) is 5.69 Å². The van der Waals surface area contributed by atoms with E-state index in [4.69, 9.17) is 5.11 Å².